The first-order valence-electron chi connectivity index (χ1n) is 3.98. The Bertz CT molecular complexity index is 217. The molecule has 0 rings (SSSR count). The quantitative estimate of drug-likeness (QED) is 0.297. The predicted octanol–water partition coefficient (Wildman–Crippen LogP) is -0.647. The molecule has 0 saturated heterocycles. The number of hydrogen-bond acceptors (Lipinski definition) is 7. The Hall–Kier alpha value is -1.86. The first kappa shape index (κ1) is 21.4. The summed E-state index contributed by atoms with van der Waals surface area (Å²) in [5, 5.41) is 43.3. The lowest BCUT2D eigenvalue weighted by Gasteiger charge is -2.23. The van der Waals surface area contributed by atoms with Crippen LogP contribution in [0, 0.1) is 25.6 Å². The lowest BCUT2D eigenvalue weighted by molar-refractivity contribution is -0.742. The van der Waals surface area contributed by atoms with Gasteiger partial charge in [0.25, 0.3) is 10.2 Å². The fourth-order valence-electron chi connectivity index (χ4n) is 0.439. The molecule has 0 aromatic carbocycles. The summed E-state index contributed by atoms with van der Waals surface area (Å²) in [6, 6.07) is 0. The van der Waals surface area contributed by atoms with Crippen LogP contribution in [0.15, 0.2) is 0 Å². The number of rotatable bonds is 4. The highest BCUT2D eigenvalue weighted by Crippen LogP contribution is 2.16. The van der Waals surface area contributed by atoms with E-state index in [0.717, 1.165) is 0 Å². The van der Waals surface area contributed by atoms with E-state index >= 15 is 0 Å². The lowest BCUT2D eigenvalue weighted by atomic mass is 9.94. The first-order valence-corrected chi connectivity index (χ1v) is 3.98. The van der Waals surface area contributed by atoms with Crippen LogP contribution in [-0.2, 0) is 0 Å². The van der Waals surface area contributed by atoms with Crippen LogP contribution in [0.25, 0.3) is 0 Å². The highest BCUT2D eigenvalue weighted by Gasteiger charge is 2.26. The van der Waals surface area contributed by atoms with Crippen LogP contribution in [0.1, 0.15) is 6.92 Å². The Morgan fingerprint density at radius 2 is 1.33 bits per heavy atom. The normalized spacial score (nSPS) is 9.67. The number of halogens is 2. The van der Waals surface area contributed by atoms with Gasteiger partial charge in [-0.2, -0.15) is 0 Å². The van der Waals surface area contributed by atoms with E-state index in [0.29, 0.717) is 0 Å². The topological polar surface area (TPSA) is 170 Å². The molecule has 4 N–H and O–H groups in total. The fraction of sp³-hybridized carbons (Fsp3) is 1.00. The minimum atomic E-state index is -1.50. The molecule has 0 spiro atoms. The highest BCUT2D eigenvalue weighted by molar-refractivity contribution is 4.72. The van der Waals surface area contributed by atoms with E-state index in [4.69, 9.17) is 40.9 Å². The minimum Gasteiger partial charge on any atom is -0.396 e. The molecule has 11 nitrogen and oxygen atoms in total. The molecule has 0 bridgehead atoms. The third-order valence-corrected chi connectivity index (χ3v) is 1.26. The van der Waals surface area contributed by atoms with Gasteiger partial charge in [-0.3, -0.25) is 0 Å². The van der Waals surface area contributed by atoms with Gasteiger partial charge in [0.15, 0.2) is 0 Å². The van der Waals surface area contributed by atoms with E-state index in [-0.39, 0.29) is 0 Å². The van der Waals surface area contributed by atoms with Crippen molar-refractivity contribution in [2.24, 2.45) is 5.41 Å². The molecule has 0 aromatic rings. The van der Waals surface area contributed by atoms with Gasteiger partial charge in [0.2, 0.25) is 0 Å². The summed E-state index contributed by atoms with van der Waals surface area (Å²) in [5.74, 6) is 0. The molecule has 0 aliphatic rings. The van der Waals surface area contributed by atoms with Crippen molar-refractivity contribution < 1.29 is 39.8 Å². The summed E-state index contributed by atoms with van der Waals surface area (Å²) in [4.78, 5) is 16.7. The van der Waals surface area contributed by atoms with Crippen molar-refractivity contribution >= 4 is 0 Å². The zero-order valence-corrected chi connectivity index (χ0v) is 9.14. The Balaban J connectivity index is -0.000000233. The second-order valence-corrected chi connectivity index (χ2v) is 3.06. The molecule has 0 unspecified atom stereocenters. The Morgan fingerprint density at radius 3 is 1.39 bits per heavy atom. The van der Waals surface area contributed by atoms with Gasteiger partial charge in [-0.15, -0.1) is 29.2 Å². The summed E-state index contributed by atoms with van der Waals surface area (Å²) in [7, 11) is 0. The van der Waals surface area contributed by atoms with Gasteiger partial charge in [0.05, 0.1) is 19.8 Å². The second kappa shape index (κ2) is 11.6. The van der Waals surface area contributed by atoms with E-state index in [1.807, 2.05) is 0 Å². The van der Waals surface area contributed by atoms with Crippen LogP contribution in [0.2, 0.25) is 0 Å². The molecule has 0 aliphatic heterocycles. The molecule has 18 heavy (non-hydrogen) atoms. The molecule has 110 valence electrons. The zero-order chi connectivity index (χ0) is 15.4. The predicted molar refractivity (Wildman–Crippen MR) is 48.8 cm³/mol. The van der Waals surface area contributed by atoms with Gasteiger partial charge < -0.3 is 20.6 Å². The van der Waals surface area contributed by atoms with Gasteiger partial charge in [0, 0.05) is 10.8 Å². The second-order valence-electron chi connectivity index (χ2n) is 3.06. The molecule has 0 saturated carbocycles. The summed E-state index contributed by atoms with van der Waals surface area (Å²) in [6.07, 6.45) is 0. The molecular formula is C5H13F2N3O8. The summed E-state index contributed by atoms with van der Waals surface area (Å²) in [5.41, 5.74) is -1.11. The molecule has 0 aromatic heterocycles. The minimum absolute atomic E-state index is 0.451. The summed E-state index contributed by atoms with van der Waals surface area (Å²) in [6.45, 7) is -0.152. The van der Waals surface area contributed by atoms with Crippen LogP contribution in [-0.4, -0.2) is 55.9 Å². The van der Waals surface area contributed by atoms with E-state index in [2.05, 4.69) is 0 Å². The van der Waals surface area contributed by atoms with Crippen LogP contribution in [0.3, 0.4) is 0 Å². The van der Waals surface area contributed by atoms with Crippen molar-refractivity contribution in [3.63, 3.8) is 0 Å². The van der Waals surface area contributed by atoms with Crippen LogP contribution < -0.4 is 0 Å². The van der Waals surface area contributed by atoms with E-state index < -0.39 is 40.7 Å². The summed E-state index contributed by atoms with van der Waals surface area (Å²) >= 11 is 0. The monoisotopic (exact) mass is 281 g/mol. The average Bonchev–Trinajstić information content (AvgIpc) is 2.15. The molecular weight excluding hydrogens is 268 g/mol. The first-order chi connectivity index (χ1) is 8.00. The van der Waals surface area contributed by atoms with Crippen molar-refractivity contribution in [2.45, 2.75) is 6.92 Å². The van der Waals surface area contributed by atoms with E-state index in [1.165, 1.54) is 6.92 Å². The van der Waals surface area contributed by atoms with Crippen molar-refractivity contribution in [2.75, 3.05) is 19.8 Å². The number of hydrogen-bond donors (Lipinski definition) is 4. The third kappa shape index (κ3) is 29.2. The smallest absolute Gasteiger partial charge is 0.291 e. The van der Waals surface area contributed by atoms with Gasteiger partial charge in [-0.1, -0.05) is 6.92 Å². The maximum atomic E-state index is 11.5. The molecule has 0 amide bonds. The average molecular weight is 281 g/mol. The molecule has 13 heteroatoms. The Kier molecular flexibility index (Phi) is 13.8. The maximum absolute atomic E-state index is 11.5. The van der Waals surface area contributed by atoms with Crippen molar-refractivity contribution in [1.29, 1.82) is 0 Å². The number of nitrogens with zero attached hydrogens (tertiary/aromatic N) is 3. The van der Waals surface area contributed by atoms with Gasteiger partial charge in [0.1, 0.15) is 0 Å². The fourth-order valence-corrected chi connectivity index (χ4v) is 0.439. The maximum Gasteiger partial charge on any atom is 0.291 e. The largest absolute Gasteiger partial charge is 0.396 e. The molecule has 0 fully saturated rings. The van der Waals surface area contributed by atoms with Crippen molar-refractivity contribution in [1.82, 2.24) is 5.34 Å². The van der Waals surface area contributed by atoms with Gasteiger partial charge in [-0.25, -0.2) is 0 Å². The Morgan fingerprint density at radius 1 is 1.11 bits per heavy atom. The van der Waals surface area contributed by atoms with Crippen molar-refractivity contribution in [3.05, 3.63) is 20.2 Å². The molecule has 0 aliphatic carbocycles. The van der Waals surface area contributed by atoms with Crippen molar-refractivity contribution in [3.8, 4) is 0 Å². The van der Waals surface area contributed by atoms with Gasteiger partial charge in [-0.05, 0) is 0 Å². The standard InChI is InChI=1S/C5H11F2NO2.2HNO3/c1-5(3-9,4-10)2-8(6)7;2*2-1(3)4/h9-10H,2-4H2,1H3;2*(H,2,3,4). The molecule has 0 radical (unpaired) electrons. The summed E-state index contributed by atoms with van der Waals surface area (Å²) < 4.78 is 23.0. The van der Waals surface area contributed by atoms with Crippen LogP contribution in [0.4, 0.5) is 8.96 Å². The number of aliphatic hydroxyl groups is 2. The molecule has 0 heterocycles. The SMILES string of the molecule is CC(CO)(CO)CN(F)F.O=[N+]([O-])O.O=[N+]([O-])O. The van der Waals surface area contributed by atoms with E-state index in [1.54, 1.807) is 0 Å². The van der Waals surface area contributed by atoms with Crippen LogP contribution in [0.5, 0.6) is 0 Å². The van der Waals surface area contributed by atoms with E-state index in [9.17, 15) is 8.96 Å². The zero-order valence-electron chi connectivity index (χ0n) is 9.14. The number of aliphatic hydroxyl groups excluding tert-OH is 2. The van der Waals surface area contributed by atoms with Gasteiger partial charge >= 0.3 is 0 Å². The lowest BCUT2D eigenvalue weighted by Crippen LogP contribution is -2.34. The molecule has 0 atom stereocenters. The Labute approximate surface area is 98.6 Å². The van der Waals surface area contributed by atoms with Crippen LogP contribution >= 0.6 is 0 Å². The third-order valence-electron chi connectivity index (χ3n) is 1.26. The highest BCUT2D eigenvalue weighted by atomic mass is 19.4.